The molecule has 216 valence electrons. The third kappa shape index (κ3) is 8.35. The molecule has 1 amide bonds. The van der Waals surface area contributed by atoms with E-state index < -0.39 is 4.92 Å². The van der Waals surface area contributed by atoms with Crippen LogP contribution in [0.4, 0.5) is 11.4 Å². The number of hydrogen-bond acceptors (Lipinski definition) is 11. The molecule has 1 aliphatic heterocycles. The first-order valence-corrected chi connectivity index (χ1v) is 16.1. The highest BCUT2D eigenvalue weighted by Crippen LogP contribution is 2.38. The van der Waals surface area contributed by atoms with Crippen molar-refractivity contribution in [2.24, 2.45) is 0 Å². The van der Waals surface area contributed by atoms with Gasteiger partial charge < -0.3 is 9.73 Å². The Bertz CT molecular complexity index is 1310. The van der Waals surface area contributed by atoms with Crippen LogP contribution in [0.3, 0.4) is 0 Å². The summed E-state index contributed by atoms with van der Waals surface area (Å²) < 4.78 is 5.66. The first-order chi connectivity index (χ1) is 19.1. The number of nitro benzene ring substituents is 1. The number of amides is 1. The monoisotopic (exact) mass is 604 g/mol. The molecule has 10 nitrogen and oxygen atoms in total. The maximum absolute atomic E-state index is 13.1. The van der Waals surface area contributed by atoms with Crippen LogP contribution in [0.5, 0.6) is 0 Å². The lowest BCUT2D eigenvalue weighted by Gasteiger charge is -2.34. The number of para-hydroxylation sites is 1. The van der Waals surface area contributed by atoms with Crippen molar-refractivity contribution < 1.29 is 14.1 Å². The van der Waals surface area contributed by atoms with Crippen LogP contribution in [-0.4, -0.2) is 86.1 Å². The summed E-state index contributed by atoms with van der Waals surface area (Å²) in [7, 11) is 0. The summed E-state index contributed by atoms with van der Waals surface area (Å²) in [6.07, 6.45) is 0. The summed E-state index contributed by atoms with van der Waals surface area (Å²) in [4.78, 5) is 38.6. The van der Waals surface area contributed by atoms with E-state index in [1.807, 2.05) is 6.92 Å². The van der Waals surface area contributed by atoms with Gasteiger partial charge in [0.2, 0.25) is 11.5 Å². The summed E-state index contributed by atoms with van der Waals surface area (Å²) in [5.41, 5.74) is 2.42. The van der Waals surface area contributed by atoms with Gasteiger partial charge in [-0.05, 0) is 19.1 Å². The number of pyridine rings is 1. The summed E-state index contributed by atoms with van der Waals surface area (Å²) in [5, 5.41) is 16.5. The predicted molar refractivity (Wildman–Crippen MR) is 164 cm³/mol. The first-order valence-electron chi connectivity index (χ1n) is 13.3. The van der Waals surface area contributed by atoms with E-state index in [1.165, 1.54) is 17.8 Å². The molecular weight excluding hydrogens is 569 g/mol. The van der Waals surface area contributed by atoms with Crippen molar-refractivity contribution in [1.82, 2.24) is 19.8 Å². The molecule has 1 aliphatic rings. The molecule has 40 heavy (non-hydrogen) atoms. The van der Waals surface area contributed by atoms with Gasteiger partial charge in [-0.2, -0.15) is 0 Å². The molecule has 1 saturated heterocycles. The number of carbonyl (C=O) groups is 1. The van der Waals surface area contributed by atoms with Crippen LogP contribution in [0.15, 0.2) is 43.8 Å². The number of nitrogens with one attached hydrogen (secondary N) is 1. The van der Waals surface area contributed by atoms with Crippen LogP contribution in [0.25, 0.3) is 11.1 Å². The van der Waals surface area contributed by atoms with E-state index in [-0.39, 0.29) is 17.2 Å². The summed E-state index contributed by atoms with van der Waals surface area (Å²) in [6.45, 7) is 15.1. The Kier molecular flexibility index (Phi) is 10.7. The molecule has 0 aliphatic carbocycles. The standard InChI is InChI=1S/C27H36N6O4S3/c1-17(2)39-22-15-19(5)28-26(40-18(3)4)24(22)30-23(34)16-32-11-9-31(10-12-32)13-14-38-27-29-20-7-6-8-21(33(35)36)25(20)37-27/h6-8,15,17-18H,9-14,16H2,1-5H3,(H,30,34). The topological polar surface area (TPSA) is 118 Å². The van der Waals surface area contributed by atoms with Crippen molar-refractivity contribution in [1.29, 1.82) is 0 Å². The fourth-order valence-corrected chi connectivity index (χ4v) is 7.15. The molecule has 0 unspecified atom stereocenters. The number of aryl methyl sites for hydroxylation is 1. The molecule has 13 heteroatoms. The van der Waals surface area contributed by atoms with Crippen LogP contribution in [-0.2, 0) is 4.79 Å². The number of fused-ring (bicyclic) bond motifs is 1. The van der Waals surface area contributed by atoms with E-state index in [0.717, 1.165) is 59.8 Å². The van der Waals surface area contributed by atoms with Gasteiger partial charge in [-0.15, -0.1) is 23.5 Å². The third-order valence-corrected chi connectivity index (χ3v) is 8.93. The van der Waals surface area contributed by atoms with Crippen LogP contribution in [0, 0.1) is 17.0 Å². The van der Waals surface area contributed by atoms with Crippen LogP contribution < -0.4 is 5.32 Å². The van der Waals surface area contributed by atoms with E-state index in [2.05, 4.69) is 53.9 Å². The van der Waals surface area contributed by atoms with Crippen molar-refractivity contribution in [2.45, 2.75) is 60.3 Å². The second-order valence-electron chi connectivity index (χ2n) is 10.2. The molecule has 0 bridgehead atoms. The highest BCUT2D eigenvalue weighted by molar-refractivity contribution is 8.01. The first kappa shape index (κ1) is 30.6. The molecule has 1 fully saturated rings. The Morgan fingerprint density at radius 1 is 1.10 bits per heavy atom. The summed E-state index contributed by atoms with van der Waals surface area (Å²) in [5.74, 6) is 0.740. The normalized spacial score (nSPS) is 14.9. The van der Waals surface area contributed by atoms with E-state index in [0.29, 0.717) is 27.8 Å². The van der Waals surface area contributed by atoms with Crippen LogP contribution in [0.2, 0.25) is 0 Å². The quantitative estimate of drug-likeness (QED) is 0.154. The Labute approximate surface area is 247 Å². The predicted octanol–water partition coefficient (Wildman–Crippen LogP) is 5.79. The van der Waals surface area contributed by atoms with E-state index in [4.69, 9.17) is 9.40 Å². The van der Waals surface area contributed by atoms with E-state index in [9.17, 15) is 14.9 Å². The number of carbonyl (C=O) groups excluding carboxylic acids is 1. The largest absolute Gasteiger partial charge is 0.424 e. The molecule has 3 aromatic rings. The Morgan fingerprint density at radius 2 is 1.80 bits per heavy atom. The lowest BCUT2D eigenvalue weighted by Crippen LogP contribution is -2.49. The van der Waals surface area contributed by atoms with Crippen molar-refractivity contribution in [3.05, 3.63) is 40.1 Å². The van der Waals surface area contributed by atoms with Gasteiger partial charge in [0.15, 0.2) is 0 Å². The van der Waals surface area contributed by atoms with Gasteiger partial charge in [0, 0.05) is 65.6 Å². The number of non-ortho nitro benzene ring substituents is 1. The second-order valence-corrected chi connectivity index (χ2v) is 14.4. The summed E-state index contributed by atoms with van der Waals surface area (Å²) in [6, 6.07) is 6.81. The number of benzene rings is 1. The zero-order chi connectivity index (χ0) is 28.8. The second kappa shape index (κ2) is 14.0. The molecule has 0 radical (unpaired) electrons. The minimum atomic E-state index is -0.452. The maximum Gasteiger partial charge on any atom is 0.313 e. The SMILES string of the molecule is Cc1cc(SC(C)C)c(NC(=O)CN2CCN(CCSc3nc4cccc([N+](=O)[O-])c4o3)CC2)c(SC(C)C)n1. The number of nitrogens with zero attached hydrogens (tertiary/aromatic N) is 5. The number of anilines is 1. The maximum atomic E-state index is 13.1. The van der Waals surface area contributed by atoms with Gasteiger partial charge in [-0.3, -0.25) is 24.7 Å². The van der Waals surface area contributed by atoms with E-state index >= 15 is 0 Å². The van der Waals surface area contributed by atoms with Gasteiger partial charge in [0.05, 0.1) is 17.2 Å². The zero-order valence-corrected chi connectivity index (χ0v) is 26.0. The van der Waals surface area contributed by atoms with Gasteiger partial charge >= 0.3 is 5.69 Å². The van der Waals surface area contributed by atoms with Gasteiger partial charge in [0.25, 0.3) is 5.22 Å². The minimum absolute atomic E-state index is 0.0177. The third-order valence-electron chi connectivity index (χ3n) is 6.09. The molecule has 1 N–H and O–H groups in total. The number of piperazine rings is 1. The van der Waals surface area contributed by atoms with Gasteiger partial charge in [-0.1, -0.05) is 45.5 Å². The number of nitro groups is 1. The number of oxazole rings is 1. The van der Waals surface area contributed by atoms with Crippen molar-refractivity contribution in [3.8, 4) is 0 Å². The highest BCUT2D eigenvalue weighted by Gasteiger charge is 2.23. The lowest BCUT2D eigenvalue weighted by molar-refractivity contribution is -0.383. The molecule has 2 aromatic heterocycles. The van der Waals surface area contributed by atoms with E-state index in [1.54, 1.807) is 35.7 Å². The fraction of sp³-hybridized carbons (Fsp3) is 0.519. The molecule has 0 spiro atoms. The van der Waals surface area contributed by atoms with Crippen molar-refractivity contribution in [2.75, 3.05) is 50.3 Å². The minimum Gasteiger partial charge on any atom is -0.424 e. The smallest absolute Gasteiger partial charge is 0.313 e. The molecule has 0 atom stereocenters. The Morgan fingerprint density at radius 3 is 2.48 bits per heavy atom. The Balaban J connectivity index is 1.27. The van der Waals surface area contributed by atoms with Crippen molar-refractivity contribution in [3.63, 3.8) is 0 Å². The van der Waals surface area contributed by atoms with Crippen LogP contribution >= 0.6 is 35.3 Å². The molecule has 4 rings (SSSR count). The zero-order valence-electron chi connectivity index (χ0n) is 23.5. The average Bonchev–Trinajstić information content (AvgIpc) is 3.29. The van der Waals surface area contributed by atoms with Crippen molar-refractivity contribution >= 4 is 63.7 Å². The summed E-state index contributed by atoms with van der Waals surface area (Å²) >= 11 is 4.88. The molecule has 1 aromatic carbocycles. The Hall–Kier alpha value is -2.32. The average molecular weight is 605 g/mol. The fourth-order valence-electron chi connectivity index (χ4n) is 4.32. The van der Waals surface area contributed by atoms with Gasteiger partial charge in [0.1, 0.15) is 10.5 Å². The molecule has 3 heterocycles. The number of thioether (sulfide) groups is 3. The van der Waals surface area contributed by atoms with Crippen LogP contribution in [0.1, 0.15) is 33.4 Å². The lowest BCUT2D eigenvalue weighted by atomic mass is 10.3. The highest BCUT2D eigenvalue weighted by atomic mass is 32.2. The number of aromatic nitrogens is 2. The molecule has 0 saturated carbocycles. The number of rotatable bonds is 12. The molecular formula is C27H36N6O4S3. The van der Waals surface area contributed by atoms with Gasteiger partial charge in [-0.25, -0.2) is 9.97 Å². The number of hydrogen-bond donors (Lipinski definition) is 1.